The molecule has 2 N–H and O–H groups in total. The maximum atomic E-state index is 12.1. The first kappa shape index (κ1) is 15.5. The highest BCUT2D eigenvalue weighted by Gasteiger charge is 2.28. The van der Waals surface area contributed by atoms with Crippen molar-refractivity contribution in [1.82, 2.24) is 20.5 Å². The van der Waals surface area contributed by atoms with Crippen LogP contribution < -0.4 is 10.6 Å². The highest BCUT2D eigenvalue weighted by atomic mass is 35.5. The van der Waals surface area contributed by atoms with Gasteiger partial charge in [0.25, 0.3) is 0 Å². The molecule has 0 aromatic carbocycles. The lowest BCUT2D eigenvalue weighted by Crippen LogP contribution is -2.57. The Morgan fingerprint density at radius 2 is 2.35 bits per heavy atom. The molecule has 0 bridgehead atoms. The standard InChI is InChI=1S/C13H18Cl2N4O/c1-2-17-13(20)10-7-16-5-6-19(10)8-9-3-4-11(14)18-12(9)15/h3-4,10,16H,2,5-8H2,1H3,(H,17,20). The maximum absolute atomic E-state index is 12.1. The van der Waals surface area contributed by atoms with E-state index in [-0.39, 0.29) is 11.9 Å². The molecule has 1 aromatic heterocycles. The Labute approximate surface area is 128 Å². The van der Waals surface area contributed by atoms with Crippen LogP contribution in [0, 0.1) is 0 Å². The topological polar surface area (TPSA) is 57.3 Å². The highest BCUT2D eigenvalue weighted by molar-refractivity contribution is 6.32. The molecule has 0 aliphatic carbocycles. The molecule has 2 rings (SSSR count). The van der Waals surface area contributed by atoms with Gasteiger partial charge in [-0.25, -0.2) is 4.98 Å². The fraction of sp³-hybridized carbons (Fsp3) is 0.538. The van der Waals surface area contributed by atoms with Crippen LogP contribution in [0.5, 0.6) is 0 Å². The van der Waals surface area contributed by atoms with E-state index >= 15 is 0 Å². The lowest BCUT2D eigenvalue weighted by Gasteiger charge is -2.35. The molecule has 1 aliphatic heterocycles. The van der Waals surface area contributed by atoms with Gasteiger partial charge in [0, 0.05) is 38.3 Å². The second-order valence-electron chi connectivity index (χ2n) is 4.67. The number of rotatable bonds is 4. The van der Waals surface area contributed by atoms with Crippen LogP contribution >= 0.6 is 23.2 Å². The Balaban J connectivity index is 2.10. The van der Waals surface area contributed by atoms with Crippen molar-refractivity contribution in [2.24, 2.45) is 0 Å². The van der Waals surface area contributed by atoms with Crippen molar-refractivity contribution < 1.29 is 4.79 Å². The zero-order valence-electron chi connectivity index (χ0n) is 11.3. The molecule has 1 saturated heterocycles. The van der Waals surface area contributed by atoms with Crippen LogP contribution in [0.3, 0.4) is 0 Å². The second kappa shape index (κ2) is 7.22. The van der Waals surface area contributed by atoms with E-state index in [0.29, 0.717) is 29.9 Å². The van der Waals surface area contributed by atoms with E-state index in [1.807, 2.05) is 13.0 Å². The van der Waals surface area contributed by atoms with Gasteiger partial charge in [-0.15, -0.1) is 0 Å². The molecule has 1 atom stereocenters. The van der Waals surface area contributed by atoms with Crippen molar-refractivity contribution in [3.8, 4) is 0 Å². The van der Waals surface area contributed by atoms with Crippen molar-refractivity contribution in [2.75, 3.05) is 26.2 Å². The van der Waals surface area contributed by atoms with E-state index in [0.717, 1.165) is 18.7 Å². The van der Waals surface area contributed by atoms with Gasteiger partial charge in [0.05, 0.1) is 0 Å². The minimum Gasteiger partial charge on any atom is -0.355 e. The van der Waals surface area contributed by atoms with Crippen LogP contribution in [0.15, 0.2) is 12.1 Å². The molecule has 20 heavy (non-hydrogen) atoms. The first-order valence-corrected chi connectivity index (χ1v) is 7.40. The number of halogens is 2. The molecule has 2 heterocycles. The normalized spacial score (nSPS) is 19.9. The number of nitrogens with one attached hydrogen (secondary N) is 2. The van der Waals surface area contributed by atoms with Gasteiger partial charge >= 0.3 is 0 Å². The minimum atomic E-state index is -0.185. The Morgan fingerprint density at radius 1 is 1.55 bits per heavy atom. The molecule has 110 valence electrons. The highest BCUT2D eigenvalue weighted by Crippen LogP contribution is 2.19. The molecule has 1 fully saturated rings. The van der Waals surface area contributed by atoms with Crippen LogP contribution in [0.25, 0.3) is 0 Å². The van der Waals surface area contributed by atoms with Gasteiger partial charge in [0.1, 0.15) is 16.3 Å². The fourth-order valence-electron chi connectivity index (χ4n) is 2.26. The zero-order chi connectivity index (χ0) is 14.5. The summed E-state index contributed by atoms with van der Waals surface area (Å²) in [5, 5.41) is 6.87. The number of aromatic nitrogens is 1. The molecule has 5 nitrogen and oxygen atoms in total. The number of nitrogens with zero attached hydrogens (tertiary/aromatic N) is 2. The third-order valence-electron chi connectivity index (χ3n) is 3.27. The van der Waals surface area contributed by atoms with Crippen molar-refractivity contribution in [3.63, 3.8) is 0 Å². The van der Waals surface area contributed by atoms with E-state index in [9.17, 15) is 4.79 Å². The van der Waals surface area contributed by atoms with Crippen molar-refractivity contribution in [1.29, 1.82) is 0 Å². The number of carbonyl (C=O) groups is 1. The van der Waals surface area contributed by atoms with Gasteiger partial charge < -0.3 is 10.6 Å². The molecule has 1 aromatic rings. The van der Waals surface area contributed by atoms with Crippen LogP contribution in [-0.4, -0.2) is 48.0 Å². The van der Waals surface area contributed by atoms with Crippen LogP contribution in [0.1, 0.15) is 12.5 Å². The maximum Gasteiger partial charge on any atom is 0.238 e. The number of hydrogen-bond acceptors (Lipinski definition) is 4. The Morgan fingerprint density at radius 3 is 3.05 bits per heavy atom. The molecular weight excluding hydrogens is 299 g/mol. The lowest BCUT2D eigenvalue weighted by atomic mass is 10.1. The van der Waals surface area contributed by atoms with Gasteiger partial charge in [-0.05, 0) is 13.0 Å². The van der Waals surface area contributed by atoms with Crippen molar-refractivity contribution in [2.45, 2.75) is 19.5 Å². The molecule has 0 saturated carbocycles. The quantitative estimate of drug-likeness (QED) is 0.822. The Hall–Kier alpha value is -0.880. The zero-order valence-corrected chi connectivity index (χ0v) is 12.8. The third-order valence-corrected chi connectivity index (χ3v) is 3.81. The largest absolute Gasteiger partial charge is 0.355 e. The summed E-state index contributed by atoms with van der Waals surface area (Å²) in [6.45, 7) is 5.43. The summed E-state index contributed by atoms with van der Waals surface area (Å²) in [5.41, 5.74) is 0.882. The second-order valence-corrected chi connectivity index (χ2v) is 5.41. The third kappa shape index (κ3) is 3.82. The summed E-state index contributed by atoms with van der Waals surface area (Å²) >= 11 is 11.9. The summed E-state index contributed by atoms with van der Waals surface area (Å²) in [4.78, 5) is 18.2. The average molecular weight is 317 g/mol. The van der Waals surface area contributed by atoms with Gasteiger partial charge in [0.2, 0.25) is 5.91 Å². The van der Waals surface area contributed by atoms with Gasteiger partial charge in [-0.2, -0.15) is 0 Å². The number of pyridine rings is 1. The van der Waals surface area contributed by atoms with Crippen LogP contribution in [-0.2, 0) is 11.3 Å². The summed E-state index contributed by atoms with van der Waals surface area (Å²) < 4.78 is 0. The molecule has 7 heteroatoms. The summed E-state index contributed by atoms with van der Waals surface area (Å²) in [6.07, 6.45) is 0. The van der Waals surface area contributed by atoms with E-state index < -0.39 is 0 Å². The smallest absolute Gasteiger partial charge is 0.238 e. The minimum absolute atomic E-state index is 0.0396. The predicted octanol–water partition coefficient (Wildman–Crippen LogP) is 1.30. The molecule has 0 radical (unpaired) electrons. The molecule has 1 aliphatic rings. The van der Waals surface area contributed by atoms with Crippen molar-refractivity contribution >= 4 is 29.1 Å². The number of piperazine rings is 1. The van der Waals surface area contributed by atoms with E-state index in [4.69, 9.17) is 23.2 Å². The predicted molar refractivity (Wildman–Crippen MR) is 80.0 cm³/mol. The van der Waals surface area contributed by atoms with Gasteiger partial charge in [-0.1, -0.05) is 29.3 Å². The lowest BCUT2D eigenvalue weighted by molar-refractivity contribution is -0.127. The van der Waals surface area contributed by atoms with E-state index in [1.165, 1.54) is 0 Å². The average Bonchev–Trinajstić information content (AvgIpc) is 2.43. The van der Waals surface area contributed by atoms with Gasteiger partial charge in [-0.3, -0.25) is 9.69 Å². The first-order valence-electron chi connectivity index (χ1n) is 6.65. The number of carbonyl (C=O) groups excluding carboxylic acids is 1. The fourth-order valence-corrected chi connectivity index (χ4v) is 2.67. The number of likely N-dealkylation sites (N-methyl/N-ethyl adjacent to an activating group) is 1. The SMILES string of the molecule is CCNC(=O)C1CNCCN1Cc1ccc(Cl)nc1Cl. The molecule has 0 spiro atoms. The van der Waals surface area contributed by atoms with E-state index in [2.05, 4.69) is 20.5 Å². The summed E-state index contributed by atoms with van der Waals surface area (Å²) in [5.74, 6) is 0.0396. The Kier molecular flexibility index (Phi) is 5.60. The van der Waals surface area contributed by atoms with Crippen LogP contribution in [0.4, 0.5) is 0 Å². The monoisotopic (exact) mass is 316 g/mol. The van der Waals surface area contributed by atoms with Gasteiger partial charge in [0.15, 0.2) is 0 Å². The number of hydrogen-bond donors (Lipinski definition) is 2. The first-order chi connectivity index (χ1) is 9.61. The van der Waals surface area contributed by atoms with Crippen molar-refractivity contribution in [3.05, 3.63) is 28.0 Å². The number of amides is 1. The Bertz CT molecular complexity index is 483. The summed E-state index contributed by atoms with van der Waals surface area (Å²) in [7, 11) is 0. The summed E-state index contributed by atoms with van der Waals surface area (Å²) in [6, 6.07) is 3.39. The molecule has 1 amide bonds. The molecule has 1 unspecified atom stereocenters. The molecular formula is C13H18Cl2N4O. The van der Waals surface area contributed by atoms with Crippen LogP contribution in [0.2, 0.25) is 10.3 Å². The van der Waals surface area contributed by atoms with E-state index in [1.54, 1.807) is 6.07 Å².